The SMILES string of the molecule is CCCOc1ccccc1C(=O)N[C@@H]1CN2CCC1CC2.Cl. The van der Waals surface area contributed by atoms with Crippen LogP contribution in [0.3, 0.4) is 0 Å². The molecule has 0 spiro atoms. The highest BCUT2D eigenvalue weighted by molar-refractivity contribution is 5.97. The number of halogens is 1. The Labute approximate surface area is 138 Å². The minimum absolute atomic E-state index is 0. The third-order valence-electron chi connectivity index (χ3n) is 4.57. The predicted molar refractivity (Wildman–Crippen MR) is 89.9 cm³/mol. The van der Waals surface area contributed by atoms with Gasteiger partial charge >= 0.3 is 0 Å². The lowest BCUT2D eigenvalue weighted by molar-refractivity contribution is 0.0618. The van der Waals surface area contributed by atoms with Crippen LogP contribution in [0.2, 0.25) is 0 Å². The molecule has 0 radical (unpaired) electrons. The second-order valence-electron chi connectivity index (χ2n) is 6.06. The first kappa shape index (κ1) is 17.1. The fraction of sp³-hybridized carbons (Fsp3) is 0.588. The normalized spacial score (nSPS) is 26.1. The molecule has 3 heterocycles. The Hall–Kier alpha value is -1.26. The van der Waals surface area contributed by atoms with Gasteiger partial charge in [-0.25, -0.2) is 0 Å². The van der Waals surface area contributed by atoms with Gasteiger partial charge in [-0.15, -0.1) is 12.4 Å². The number of hydrogen-bond acceptors (Lipinski definition) is 3. The topological polar surface area (TPSA) is 41.6 Å². The van der Waals surface area contributed by atoms with Crippen LogP contribution in [0.4, 0.5) is 0 Å². The Morgan fingerprint density at radius 1 is 1.32 bits per heavy atom. The third-order valence-corrected chi connectivity index (χ3v) is 4.57. The molecule has 122 valence electrons. The quantitative estimate of drug-likeness (QED) is 0.905. The summed E-state index contributed by atoms with van der Waals surface area (Å²) in [7, 11) is 0. The smallest absolute Gasteiger partial charge is 0.255 e. The summed E-state index contributed by atoms with van der Waals surface area (Å²) in [4.78, 5) is 15.0. The van der Waals surface area contributed by atoms with Crippen molar-refractivity contribution in [2.45, 2.75) is 32.2 Å². The molecule has 3 saturated heterocycles. The number of piperidine rings is 3. The van der Waals surface area contributed by atoms with Crippen molar-refractivity contribution < 1.29 is 9.53 Å². The van der Waals surface area contributed by atoms with E-state index in [2.05, 4.69) is 17.1 Å². The van der Waals surface area contributed by atoms with Crippen molar-refractivity contribution in [3.8, 4) is 5.75 Å². The Bertz CT molecular complexity index is 501. The number of carbonyl (C=O) groups excluding carboxylic acids is 1. The van der Waals surface area contributed by atoms with Crippen LogP contribution in [0.15, 0.2) is 24.3 Å². The first-order valence-electron chi connectivity index (χ1n) is 8.03. The lowest BCUT2D eigenvalue weighted by Crippen LogP contribution is -2.57. The van der Waals surface area contributed by atoms with E-state index in [0.29, 0.717) is 29.9 Å². The molecule has 4 nitrogen and oxygen atoms in total. The number of fused-ring (bicyclic) bond motifs is 3. The molecule has 3 aliphatic rings. The number of nitrogens with one attached hydrogen (secondary N) is 1. The summed E-state index contributed by atoms with van der Waals surface area (Å²) in [5.41, 5.74) is 0.655. The van der Waals surface area contributed by atoms with E-state index < -0.39 is 0 Å². The van der Waals surface area contributed by atoms with Crippen LogP contribution in [0, 0.1) is 5.92 Å². The number of hydrogen-bond donors (Lipinski definition) is 1. The minimum Gasteiger partial charge on any atom is -0.493 e. The summed E-state index contributed by atoms with van der Waals surface area (Å²) in [6, 6.07) is 7.82. The molecule has 0 aromatic heterocycles. The molecule has 0 saturated carbocycles. The van der Waals surface area contributed by atoms with E-state index in [9.17, 15) is 4.79 Å². The molecule has 22 heavy (non-hydrogen) atoms. The van der Waals surface area contributed by atoms with Gasteiger partial charge in [-0.1, -0.05) is 19.1 Å². The number of benzene rings is 1. The van der Waals surface area contributed by atoms with Gasteiger partial charge in [0.25, 0.3) is 5.91 Å². The Morgan fingerprint density at radius 2 is 2.05 bits per heavy atom. The Kier molecular flexibility index (Phi) is 6.09. The molecule has 1 atom stereocenters. The number of nitrogens with zero attached hydrogens (tertiary/aromatic N) is 1. The van der Waals surface area contributed by atoms with Gasteiger partial charge < -0.3 is 15.0 Å². The number of ether oxygens (including phenoxy) is 1. The maximum absolute atomic E-state index is 12.6. The van der Waals surface area contributed by atoms with Gasteiger partial charge in [0.1, 0.15) is 5.75 Å². The Morgan fingerprint density at radius 3 is 2.68 bits per heavy atom. The third kappa shape index (κ3) is 3.73. The van der Waals surface area contributed by atoms with Gasteiger partial charge in [0.2, 0.25) is 0 Å². The summed E-state index contributed by atoms with van der Waals surface area (Å²) in [6.07, 6.45) is 3.35. The van der Waals surface area contributed by atoms with Crippen molar-refractivity contribution in [1.29, 1.82) is 0 Å². The van der Waals surface area contributed by atoms with Crippen LogP contribution in [-0.4, -0.2) is 43.1 Å². The van der Waals surface area contributed by atoms with Crippen molar-refractivity contribution in [2.24, 2.45) is 5.92 Å². The van der Waals surface area contributed by atoms with Crippen LogP contribution >= 0.6 is 12.4 Å². The van der Waals surface area contributed by atoms with Gasteiger partial charge in [0.05, 0.1) is 12.2 Å². The van der Waals surface area contributed by atoms with Crippen molar-refractivity contribution in [2.75, 3.05) is 26.2 Å². The van der Waals surface area contributed by atoms with Crippen molar-refractivity contribution in [3.63, 3.8) is 0 Å². The molecule has 5 heteroatoms. The van der Waals surface area contributed by atoms with Gasteiger partial charge in [0, 0.05) is 12.6 Å². The summed E-state index contributed by atoms with van der Waals surface area (Å²) in [5, 5.41) is 3.22. The summed E-state index contributed by atoms with van der Waals surface area (Å²) < 4.78 is 5.69. The molecular formula is C17H25ClN2O2. The fourth-order valence-electron chi connectivity index (χ4n) is 3.37. The number of carbonyl (C=O) groups is 1. The van der Waals surface area contributed by atoms with Gasteiger partial charge in [-0.05, 0) is 50.4 Å². The highest BCUT2D eigenvalue weighted by Crippen LogP contribution is 2.28. The minimum atomic E-state index is 0. The van der Waals surface area contributed by atoms with Crippen LogP contribution < -0.4 is 10.1 Å². The molecular weight excluding hydrogens is 300 g/mol. The van der Waals surface area contributed by atoms with Crippen molar-refractivity contribution in [3.05, 3.63) is 29.8 Å². The van der Waals surface area contributed by atoms with E-state index in [0.717, 1.165) is 13.0 Å². The molecule has 1 aromatic rings. The van der Waals surface area contributed by atoms with Gasteiger partial charge in [-0.3, -0.25) is 4.79 Å². The Balaban J connectivity index is 0.00000176. The zero-order chi connectivity index (χ0) is 14.7. The average molecular weight is 325 g/mol. The molecule has 0 unspecified atom stereocenters. The standard InChI is InChI=1S/C17H24N2O2.ClH/c1-2-11-21-16-6-4-3-5-14(16)17(20)18-15-12-19-9-7-13(15)8-10-19;/h3-6,13,15H,2,7-12H2,1H3,(H,18,20);1H/t15-;/m1./s1. The number of amides is 1. The zero-order valence-electron chi connectivity index (χ0n) is 13.1. The zero-order valence-corrected chi connectivity index (χ0v) is 13.9. The average Bonchev–Trinajstić information content (AvgIpc) is 2.54. The summed E-state index contributed by atoms with van der Waals surface area (Å²) >= 11 is 0. The van der Waals surface area contributed by atoms with Crippen molar-refractivity contribution >= 4 is 18.3 Å². The van der Waals surface area contributed by atoms with E-state index in [1.807, 2.05) is 24.3 Å². The number of para-hydroxylation sites is 1. The molecule has 0 aliphatic carbocycles. The molecule has 3 fully saturated rings. The van der Waals surface area contributed by atoms with Crippen LogP contribution in [-0.2, 0) is 0 Å². The van der Waals surface area contributed by atoms with Crippen molar-refractivity contribution in [1.82, 2.24) is 10.2 Å². The van der Waals surface area contributed by atoms with Crippen LogP contribution in [0.1, 0.15) is 36.5 Å². The lowest BCUT2D eigenvalue weighted by atomic mass is 9.84. The van der Waals surface area contributed by atoms with E-state index in [4.69, 9.17) is 4.74 Å². The molecule has 4 rings (SSSR count). The summed E-state index contributed by atoms with van der Waals surface area (Å²) in [5.74, 6) is 1.33. The van der Waals surface area contributed by atoms with E-state index in [1.54, 1.807) is 0 Å². The van der Waals surface area contributed by atoms with E-state index >= 15 is 0 Å². The first-order chi connectivity index (χ1) is 10.3. The van der Waals surface area contributed by atoms with Gasteiger partial charge in [0.15, 0.2) is 0 Å². The molecule has 1 aromatic carbocycles. The second kappa shape index (κ2) is 7.84. The second-order valence-corrected chi connectivity index (χ2v) is 6.06. The maximum atomic E-state index is 12.6. The lowest BCUT2D eigenvalue weighted by Gasteiger charge is -2.44. The first-order valence-corrected chi connectivity index (χ1v) is 8.03. The highest BCUT2D eigenvalue weighted by atomic mass is 35.5. The fourth-order valence-corrected chi connectivity index (χ4v) is 3.37. The van der Waals surface area contributed by atoms with E-state index in [1.165, 1.54) is 25.9 Å². The number of rotatable bonds is 5. The summed E-state index contributed by atoms with van der Waals surface area (Å²) in [6.45, 7) is 6.08. The monoisotopic (exact) mass is 324 g/mol. The van der Waals surface area contributed by atoms with Crippen LogP contribution in [0.5, 0.6) is 5.75 Å². The molecule has 3 aliphatic heterocycles. The predicted octanol–water partition coefficient (Wildman–Crippen LogP) is 2.72. The van der Waals surface area contributed by atoms with Crippen LogP contribution in [0.25, 0.3) is 0 Å². The molecule has 1 N–H and O–H groups in total. The largest absolute Gasteiger partial charge is 0.493 e. The van der Waals surface area contributed by atoms with E-state index in [-0.39, 0.29) is 18.3 Å². The highest BCUT2D eigenvalue weighted by Gasteiger charge is 2.35. The van der Waals surface area contributed by atoms with Gasteiger partial charge in [-0.2, -0.15) is 0 Å². The molecule has 2 bridgehead atoms. The molecule has 1 amide bonds. The maximum Gasteiger partial charge on any atom is 0.255 e.